The molecule has 43 heavy (non-hydrogen) atoms. The molecule has 257 valence electrons. The summed E-state index contributed by atoms with van der Waals surface area (Å²) in [5.74, 6) is 0. The number of hydrogen-bond acceptors (Lipinski definition) is 4. The first kappa shape index (κ1) is 49.1. The fraction of sp³-hybridized carbons (Fsp3) is 0.941. The van der Waals surface area contributed by atoms with Gasteiger partial charge in [0.2, 0.25) is 8.40 Å². The molecule has 9 heteroatoms. The van der Waals surface area contributed by atoms with Crippen LogP contribution >= 0.6 is 22.2 Å². The first-order valence-corrected chi connectivity index (χ1v) is 21.2. The number of allylic oxidation sites excluding steroid dienone is 2. The maximum absolute atomic E-state index is 6.63. The van der Waals surface area contributed by atoms with Crippen LogP contribution in [0.5, 0.6) is 0 Å². The molecule has 3 saturated heterocycles. The van der Waals surface area contributed by atoms with Gasteiger partial charge in [0.05, 0.1) is 0 Å². The summed E-state index contributed by atoms with van der Waals surface area (Å²) in [6.07, 6.45) is 0. The Hall–Kier alpha value is 1.70. The smallest absolute Gasteiger partial charge is 0.305 e. The first-order valence-electron chi connectivity index (χ1n) is 15.4. The topological polar surface area (TPSA) is 13.0 Å². The number of hydrogen-bond donors (Lipinski definition) is 0. The molecule has 3 heterocycles. The van der Waals surface area contributed by atoms with Gasteiger partial charge in [-0.3, -0.25) is 9.13 Å². The van der Waals surface area contributed by atoms with E-state index in [-0.39, 0.29) is 69.7 Å². The minimum Gasteiger partial charge on any atom is -0.305 e. The Morgan fingerprint density at radius 2 is 0.674 bits per heavy atom. The van der Waals surface area contributed by atoms with Gasteiger partial charge in [0.15, 0.2) is 0 Å². The van der Waals surface area contributed by atoms with E-state index in [1.54, 1.807) is 0 Å². The molecule has 0 saturated carbocycles. The molecule has 1 spiro atoms. The maximum atomic E-state index is 6.63. The summed E-state index contributed by atoms with van der Waals surface area (Å²) >= 11 is 13.3. The molecule has 0 N–H and O–H groups in total. The van der Waals surface area contributed by atoms with Gasteiger partial charge in [-0.2, -0.15) is 0 Å². The van der Waals surface area contributed by atoms with Crippen molar-refractivity contribution in [2.24, 2.45) is 0 Å². The van der Waals surface area contributed by atoms with Crippen molar-refractivity contribution in [1.82, 2.24) is 18.3 Å². The summed E-state index contributed by atoms with van der Waals surface area (Å²) in [6.45, 7) is 50.4. The molecule has 0 amide bonds. The summed E-state index contributed by atoms with van der Waals surface area (Å²) in [7, 11) is -4.07. The second kappa shape index (κ2) is 15.5. The van der Waals surface area contributed by atoms with E-state index < -0.39 is 15.4 Å². The van der Waals surface area contributed by atoms with Crippen LogP contribution in [0.15, 0.2) is 11.1 Å². The van der Waals surface area contributed by atoms with E-state index in [0.29, 0.717) is 10.1 Å². The molecule has 0 aliphatic carbocycles. The van der Waals surface area contributed by atoms with E-state index in [0.717, 1.165) is 13.1 Å². The minimum absolute atomic E-state index is 0. The van der Waals surface area contributed by atoms with Crippen LogP contribution in [-0.4, -0.2) is 82.0 Å². The molecule has 0 aromatic carbocycles. The van der Waals surface area contributed by atoms with Crippen molar-refractivity contribution < 1.29 is 32.7 Å². The fourth-order valence-corrected chi connectivity index (χ4v) is 22.3. The normalized spacial score (nSPS) is 23.0. The Morgan fingerprint density at radius 1 is 0.488 bits per heavy atom. The second-order valence-electron chi connectivity index (χ2n) is 17.7. The summed E-state index contributed by atoms with van der Waals surface area (Å²) in [5.41, 5.74) is 3.53. The SMILES string of the molecule is C.C.CC(C)(C)N1CCN(C(C)(C)C)[Si]1(Cl)Cl.CC(C)(C)N1CCN(C(C)(C)C)[Si]12C(C)(C)C2(C)C.CC(C)=C(C)C.[Y]. The first-order chi connectivity index (χ1) is 17.3. The molecule has 0 unspecified atom stereocenters. The van der Waals surface area contributed by atoms with E-state index >= 15 is 0 Å². The molecule has 3 aliphatic heterocycles. The van der Waals surface area contributed by atoms with Crippen LogP contribution < -0.4 is 0 Å². The maximum Gasteiger partial charge on any atom is 0.409 e. The van der Waals surface area contributed by atoms with E-state index in [1.807, 2.05) is 0 Å². The van der Waals surface area contributed by atoms with Gasteiger partial charge < -0.3 is 9.13 Å². The van der Waals surface area contributed by atoms with Crippen LogP contribution in [0.25, 0.3) is 0 Å². The molecule has 3 fully saturated rings. The number of halogens is 2. The fourth-order valence-electron chi connectivity index (χ4n) is 7.01. The Balaban J connectivity index is -0.000000602. The zero-order valence-electron chi connectivity index (χ0n) is 31.0. The number of nitrogens with zero attached hydrogens (tertiary/aromatic N) is 4. The Bertz CT molecular complexity index is 843. The van der Waals surface area contributed by atoms with Gasteiger partial charge >= 0.3 is 7.02 Å². The van der Waals surface area contributed by atoms with Gasteiger partial charge in [-0.25, -0.2) is 0 Å². The average molecular weight is 757 g/mol. The molecule has 0 atom stereocenters. The van der Waals surface area contributed by atoms with E-state index in [2.05, 4.69) is 157 Å². The monoisotopic (exact) mass is 755 g/mol. The van der Waals surface area contributed by atoms with Crippen molar-refractivity contribution in [1.29, 1.82) is 0 Å². The van der Waals surface area contributed by atoms with Crippen LogP contribution in [0.3, 0.4) is 0 Å². The zero-order chi connectivity index (χ0) is 32.3. The van der Waals surface area contributed by atoms with Crippen LogP contribution in [0.4, 0.5) is 0 Å². The van der Waals surface area contributed by atoms with E-state index in [4.69, 9.17) is 22.2 Å². The minimum atomic E-state index is -2.46. The molecule has 3 aliphatic rings. The zero-order valence-corrected chi connectivity index (χ0v) is 37.3. The molecule has 4 nitrogen and oxygen atoms in total. The van der Waals surface area contributed by atoms with Crippen molar-refractivity contribution in [3.8, 4) is 0 Å². The molecule has 0 bridgehead atoms. The third-order valence-electron chi connectivity index (χ3n) is 10.0. The predicted molar refractivity (Wildman–Crippen MR) is 200 cm³/mol. The summed E-state index contributed by atoms with van der Waals surface area (Å²) in [6, 6.07) is 0. The molecule has 3 rings (SSSR count). The van der Waals surface area contributed by atoms with Crippen LogP contribution in [0.2, 0.25) is 10.1 Å². The third-order valence-corrected chi connectivity index (χ3v) is 23.4. The van der Waals surface area contributed by atoms with Crippen LogP contribution in [-0.2, 0) is 32.7 Å². The quantitative estimate of drug-likeness (QED) is 0.139. The second-order valence-corrected chi connectivity index (χ2v) is 28.5. The Labute approximate surface area is 309 Å². The Kier molecular flexibility index (Phi) is 17.7. The van der Waals surface area contributed by atoms with E-state index in [1.165, 1.54) is 24.2 Å². The standard InChI is InChI=1S/C16H34N2Si.C10H22Cl2N2Si.C6H12.2CH4.Y/c1-13(2,3)17-11-12-18(14(4,5)6)19(17)15(7,8)16(19,9)10;1-9(2,3)13-7-8-14(10(4,5)6)15(13,11)12;1-5(2)6(3)4;;;/h11-12H2,1-10H3;7-8H2,1-6H3;1-4H3;2*1H4;. The molecular formula is C34H76Cl2N4Si2Y. The van der Waals surface area contributed by atoms with Gasteiger partial charge in [0.25, 0.3) is 0 Å². The summed E-state index contributed by atoms with van der Waals surface area (Å²) < 4.78 is 10.4. The average Bonchev–Trinajstić information content (AvgIpc) is 3.11. The Morgan fingerprint density at radius 3 is 0.791 bits per heavy atom. The van der Waals surface area contributed by atoms with Crippen LogP contribution in [0, 0.1) is 0 Å². The summed E-state index contributed by atoms with van der Waals surface area (Å²) in [4.78, 5) is 0. The van der Waals surface area contributed by atoms with Gasteiger partial charge in [-0.15, -0.1) is 22.2 Å². The van der Waals surface area contributed by atoms with Crippen molar-refractivity contribution in [2.75, 3.05) is 26.2 Å². The van der Waals surface area contributed by atoms with Gasteiger partial charge in [-0.05, 0) is 121 Å². The molecule has 0 aromatic rings. The molecular weight excluding hydrogens is 680 g/mol. The summed E-state index contributed by atoms with van der Waals surface area (Å²) in [5, 5.41) is 0.939. The van der Waals surface area contributed by atoms with Crippen molar-refractivity contribution >= 4 is 37.6 Å². The van der Waals surface area contributed by atoms with Crippen molar-refractivity contribution in [2.45, 2.75) is 186 Å². The predicted octanol–water partition coefficient (Wildman–Crippen LogP) is 11.0. The van der Waals surface area contributed by atoms with E-state index in [9.17, 15) is 0 Å². The van der Waals surface area contributed by atoms with Crippen LogP contribution in [0.1, 0.15) is 153 Å². The van der Waals surface area contributed by atoms with Gasteiger partial charge in [-0.1, -0.05) is 53.7 Å². The van der Waals surface area contributed by atoms with Crippen molar-refractivity contribution in [3.63, 3.8) is 0 Å². The largest absolute Gasteiger partial charge is 0.409 e. The third kappa shape index (κ3) is 9.66. The van der Waals surface area contributed by atoms with Gasteiger partial charge in [0.1, 0.15) is 0 Å². The molecule has 0 aromatic heterocycles. The van der Waals surface area contributed by atoms with Gasteiger partial charge in [0, 0.05) is 81.0 Å². The molecule has 1 radical (unpaired) electrons. The van der Waals surface area contributed by atoms with Crippen molar-refractivity contribution in [3.05, 3.63) is 11.1 Å². The number of rotatable bonds is 0.